The Morgan fingerprint density at radius 2 is 1.47 bits per heavy atom. The second-order valence-electron chi connectivity index (χ2n) is 9.06. The number of imidazole rings is 1. The van der Waals surface area contributed by atoms with Crippen LogP contribution in [-0.4, -0.2) is 26.5 Å². The molecule has 6 heteroatoms. The third kappa shape index (κ3) is 4.92. The number of benzene rings is 4. The third-order valence-corrected chi connectivity index (χ3v) is 6.35. The van der Waals surface area contributed by atoms with Crippen molar-refractivity contribution in [2.75, 3.05) is 0 Å². The maximum atomic E-state index is 13.3. The van der Waals surface area contributed by atoms with Gasteiger partial charge in [0, 0.05) is 23.6 Å². The molecule has 1 N–H and O–H groups in total. The van der Waals surface area contributed by atoms with Crippen molar-refractivity contribution in [1.29, 1.82) is 0 Å². The Morgan fingerprint density at radius 3 is 2.34 bits per heavy atom. The molecule has 0 atom stereocenters. The van der Waals surface area contributed by atoms with Gasteiger partial charge in [-0.25, -0.2) is 4.98 Å². The van der Waals surface area contributed by atoms with Gasteiger partial charge < -0.3 is 9.72 Å². The van der Waals surface area contributed by atoms with Gasteiger partial charge in [0.15, 0.2) is 11.6 Å². The summed E-state index contributed by atoms with van der Waals surface area (Å²) in [6.07, 6.45) is 1.97. The molecule has 0 amide bonds. The molecule has 0 unspecified atom stereocenters. The van der Waals surface area contributed by atoms with Crippen LogP contribution in [0.15, 0.2) is 109 Å². The summed E-state index contributed by atoms with van der Waals surface area (Å²) in [6.45, 7) is 0. The summed E-state index contributed by atoms with van der Waals surface area (Å²) < 4.78 is 5.91. The van der Waals surface area contributed by atoms with E-state index in [2.05, 4.69) is 15.0 Å². The summed E-state index contributed by atoms with van der Waals surface area (Å²) in [5.74, 6) is 1.70. The zero-order valence-electron chi connectivity index (χ0n) is 20.4. The van der Waals surface area contributed by atoms with Gasteiger partial charge in [-0.3, -0.25) is 14.6 Å². The number of rotatable bonds is 8. The highest BCUT2D eigenvalue weighted by Gasteiger charge is 2.17. The summed E-state index contributed by atoms with van der Waals surface area (Å²) in [6, 6.07) is 32.1. The Kier molecular flexibility index (Phi) is 6.20. The number of H-pyrrole nitrogens is 1. The number of fused-ring (bicyclic) bond motifs is 2. The quantitative estimate of drug-likeness (QED) is 0.235. The highest BCUT2D eigenvalue weighted by Crippen LogP contribution is 2.24. The smallest absolute Gasteiger partial charge is 0.188 e. The first-order valence-electron chi connectivity index (χ1n) is 12.3. The van der Waals surface area contributed by atoms with E-state index in [4.69, 9.17) is 4.74 Å². The molecule has 0 aliphatic rings. The van der Waals surface area contributed by atoms with Crippen LogP contribution < -0.4 is 4.74 Å². The fourth-order valence-electron chi connectivity index (χ4n) is 4.49. The van der Waals surface area contributed by atoms with Gasteiger partial charge in [-0.1, -0.05) is 60.7 Å². The number of pyridine rings is 1. The molecule has 0 bridgehead atoms. The maximum Gasteiger partial charge on any atom is 0.188 e. The molecule has 2 aromatic heterocycles. The Hall–Kier alpha value is -5.10. The molecule has 4 aromatic carbocycles. The Balaban J connectivity index is 1.20. The molecule has 2 heterocycles. The Morgan fingerprint density at radius 1 is 0.711 bits per heavy atom. The molecule has 0 radical (unpaired) electrons. The summed E-state index contributed by atoms with van der Waals surface area (Å²) in [4.78, 5) is 38.4. The molecule has 0 fully saturated rings. The SMILES string of the molecule is O=C(Cc1nc2c(C(=O)Cc3cccc(Oc4ccccc4)c3)cccc2[nH]1)c1cc2ccccc2cn1. The lowest BCUT2D eigenvalue weighted by atomic mass is 10.0. The van der Waals surface area contributed by atoms with Crippen molar-refractivity contribution in [3.05, 3.63) is 132 Å². The van der Waals surface area contributed by atoms with E-state index in [0.29, 0.717) is 33.9 Å². The van der Waals surface area contributed by atoms with E-state index in [1.165, 1.54) is 0 Å². The minimum Gasteiger partial charge on any atom is -0.457 e. The summed E-state index contributed by atoms with van der Waals surface area (Å²) in [5.41, 5.74) is 3.01. The van der Waals surface area contributed by atoms with Crippen molar-refractivity contribution in [3.63, 3.8) is 0 Å². The van der Waals surface area contributed by atoms with E-state index in [0.717, 1.165) is 22.1 Å². The van der Waals surface area contributed by atoms with Crippen LogP contribution in [-0.2, 0) is 12.8 Å². The van der Waals surface area contributed by atoms with Crippen LogP contribution in [0.25, 0.3) is 21.8 Å². The Bertz CT molecular complexity index is 1790. The molecule has 0 spiro atoms. The van der Waals surface area contributed by atoms with Crippen molar-refractivity contribution in [3.8, 4) is 11.5 Å². The highest BCUT2D eigenvalue weighted by molar-refractivity contribution is 6.07. The fourth-order valence-corrected chi connectivity index (χ4v) is 4.49. The summed E-state index contributed by atoms with van der Waals surface area (Å²) >= 11 is 0. The first kappa shape index (κ1) is 23.3. The van der Waals surface area contributed by atoms with E-state index < -0.39 is 0 Å². The zero-order chi connectivity index (χ0) is 25.9. The second-order valence-corrected chi connectivity index (χ2v) is 9.06. The average molecular weight is 498 g/mol. The van der Waals surface area contributed by atoms with Crippen LogP contribution in [0.5, 0.6) is 11.5 Å². The number of para-hydroxylation sites is 2. The Labute approximate surface area is 219 Å². The number of ketones is 2. The average Bonchev–Trinajstić information content (AvgIpc) is 3.36. The normalized spacial score (nSPS) is 11.1. The number of ether oxygens (including phenoxy) is 1. The minimum absolute atomic E-state index is 0.0620. The predicted molar refractivity (Wildman–Crippen MR) is 147 cm³/mol. The van der Waals surface area contributed by atoms with Gasteiger partial charge in [-0.15, -0.1) is 0 Å². The molecule has 0 aliphatic carbocycles. The molecule has 0 saturated carbocycles. The number of Topliss-reactive ketones (excluding diaryl/α,β-unsaturated/α-hetero) is 2. The minimum atomic E-state index is -0.141. The van der Waals surface area contributed by atoms with Crippen LogP contribution >= 0.6 is 0 Å². The topological polar surface area (TPSA) is 84.9 Å². The largest absolute Gasteiger partial charge is 0.457 e. The summed E-state index contributed by atoms with van der Waals surface area (Å²) in [7, 11) is 0. The number of aromatic amines is 1. The van der Waals surface area contributed by atoms with E-state index in [9.17, 15) is 9.59 Å². The van der Waals surface area contributed by atoms with E-state index in [1.807, 2.05) is 91.0 Å². The second kappa shape index (κ2) is 10.1. The van der Waals surface area contributed by atoms with Crippen molar-refractivity contribution < 1.29 is 14.3 Å². The van der Waals surface area contributed by atoms with Gasteiger partial charge in [-0.05, 0) is 53.4 Å². The van der Waals surface area contributed by atoms with E-state index >= 15 is 0 Å². The molecule has 0 aliphatic heterocycles. The van der Waals surface area contributed by atoms with Crippen LogP contribution in [0.2, 0.25) is 0 Å². The number of carbonyl (C=O) groups excluding carboxylic acids is 2. The van der Waals surface area contributed by atoms with Crippen molar-refractivity contribution in [2.24, 2.45) is 0 Å². The first-order chi connectivity index (χ1) is 18.6. The van der Waals surface area contributed by atoms with Gasteiger partial charge in [-0.2, -0.15) is 0 Å². The fraction of sp³-hybridized carbons (Fsp3) is 0.0625. The van der Waals surface area contributed by atoms with Gasteiger partial charge >= 0.3 is 0 Å². The standard InChI is InChI=1S/C32H23N3O3/c36-29(17-21-8-6-13-25(16-21)38-24-11-2-1-3-12-24)26-14-7-15-27-32(26)35-31(34-27)19-30(37)28-18-22-9-4-5-10-23(22)20-33-28/h1-16,18,20H,17,19H2,(H,34,35). The zero-order valence-corrected chi connectivity index (χ0v) is 20.4. The van der Waals surface area contributed by atoms with Gasteiger partial charge in [0.1, 0.15) is 23.0 Å². The predicted octanol–water partition coefficient (Wildman–Crippen LogP) is 6.75. The van der Waals surface area contributed by atoms with Crippen LogP contribution in [0.4, 0.5) is 0 Å². The monoisotopic (exact) mass is 497 g/mol. The van der Waals surface area contributed by atoms with Crippen molar-refractivity contribution in [1.82, 2.24) is 15.0 Å². The number of hydrogen-bond acceptors (Lipinski definition) is 5. The molecule has 0 saturated heterocycles. The van der Waals surface area contributed by atoms with Crippen molar-refractivity contribution in [2.45, 2.75) is 12.8 Å². The molecule has 38 heavy (non-hydrogen) atoms. The first-order valence-corrected chi connectivity index (χ1v) is 12.3. The third-order valence-electron chi connectivity index (χ3n) is 6.35. The van der Waals surface area contributed by atoms with E-state index in [-0.39, 0.29) is 24.4 Å². The number of nitrogens with one attached hydrogen (secondary N) is 1. The molecule has 184 valence electrons. The molecular weight excluding hydrogens is 474 g/mol. The summed E-state index contributed by atoms with van der Waals surface area (Å²) in [5, 5.41) is 1.94. The van der Waals surface area contributed by atoms with Crippen LogP contribution in [0, 0.1) is 0 Å². The lowest BCUT2D eigenvalue weighted by Gasteiger charge is -2.08. The molecule has 6 aromatic rings. The van der Waals surface area contributed by atoms with Gasteiger partial charge in [0.25, 0.3) is 0 Å². The molecule has 6 rings (SSSR count). The lowest BCUT2D eigenvalue weighted by Crippen LogP contribution is -2.07. The molecule has 6 nitrogen and oxygen atoms in total. The number of carbonyl (C=O) groups is 2. The van der Waals surface area contributed by atoms with Crippen molar-refractivity contribution >= 4 is 33.4 Å². The van der Waals surface area contributed by atoms with Gasteiger partial charge in [0.05, 0.1) is 17.5 Å². The van der Waals surface area contributed by atoms with Crippen LogP contribution in [0.3, 0.4) is 0 Å². The number of aromatic nitrogens is 3. The number of hydrogen-bond donors (Lipinski definition) is 1. The lowest BCUT2D eigenvalue weighted by molar-refractivity contribution is 0.0982. The molecular formula is C32H23N3O3. The van der Waals surface area contributed by atoms with Crippen LogP contribution in [0.1, 0.15) is 32.2 Å². The maximum absolute atomic E-state index is 13.3. The number of nitrogens with zero attached hydrogens (tertiary/aromatic N) is 2. The highest BCUT2D eigenvalue weighted by atomic mass is 16.5. The van der Waals surface area contributed by atoms with E-state index in [1.54, 1.807) is 18.3 Å². The van der Waals surface area contributed by atoms with Gasteiger partial charge in [0.2, 0.25) is 0 Å².